The minimum absolute atomic E-state index is 0.00651. The van der Waals surface area contributed by atoms with Gasteiger partial charge in [0, 0.05) is 18.8 Å². The first-order valence-electron chi connectivity index (χ1n) is 6.76. The number of aryl methyl sites for hydroxylation is 2. The van der Waals surface area contributed by atoms with Crippen molar-refractivity contribution in [2.24, 2.45) is 5.73 Å². The van der Waals surface area contributed by atoms with E-state index in [1.165, 1.54) is 11.1 Å². The van der Waals surface area contributed by atoms with Crippen molar-refractivity contribution in [2.45, 2.75) is 26.8 Å². The molecule has 2 aromatic rings. The van der Waals surface area contributed by atoms with Crippen LogP contribution in [0.15, 0.2) is 36.4 Å². The molecule has 0 aliphatic carbocycles. The van der Waals surface area contributed by atoms with Gasteiger partial charge in [-0.1, -0.05) is 35.4 Å². The molecule has 2 aromatic carbocycles. The maximum absolute atomic E-state index is 6.40. The van der Waals surface area contributed by atoms with E-state index in [9.17, 15) is 0 Å². The molecule has 2 nitrogen and oxygen atoms in total. The summed E-state index contributed by atoms with van der Waals surface area (Å²) in [7, 11) is 2.03. The number of benzene rings is 2. The molecule has 0 saturated heterocycles. The fraction of sp³-hybridized carbons (Fsp3) is 0.294. The molecule has 2 N–H and O–H groups in total. The normalized spacial score (nSPS) is 12.3. The number of halogens is 1. The molecule has 2 rings (SSSR count). The number of rotatable bonds is 3. The maximum atomic E-state index is 6.40. The van der Waals surface area contributed by atoms with Gasteiger partial charge in [0.05, 0.1) is 10.7 Å². The first-order valence-corrected chi connectivity index (χ1v) is 7.14. The largest absolute Gasteiger partial charge is 0.343 e. The average Bonchev–Trinajstić information content (AvgIpc) is 2.37. The van der Waals surface area contributed by atoms with Crippen LogP contribution in [0, 0.1) is 13.8 Å². The summed E-state index contributed by atoms with van der Waals surface area (Å²) in [6.45, 7) is 6.17. The lowest BCUT2D eigenvalue weighted by atomic mass is 10.1. The smallest absolute Gasteiger partial charge is 0.0646 e. The van der Waals surface area contributed by atoms with Crippen molar-refractivity contribution in [1.29, 1.82) is 0 Å². The Balaban J connectivity index is 2.40. The lowest BCUT2D eigenvalue weighted by Crippen LogP contribution is -2.12. The van der Waals surface area contributed by atoms with Crippen molar-refractivity contribution < 1.29 is 0 Å². The average molecular weight is 289 g/mol. The summed E-state index contributed by atoms with van der Waals surface area (Å²) in [4.78, 5) is 2.11. The van der Waals surface area contributed by atoms with Crippen molar-refractivity contribution >= 4 is 23.0 Å². The molecule has 20 heavy (non-hydrogen) atoms. The molecule has 0 aliphatic heterocycles. The first kappa shape index (κ1) is 14.9. The molecule has 0 amide bonds. The van der Waals surface area contributed by atoms with Crippen molar-refractivity contribution in [3.05, 3.63) is 58.1 Å². The second kappa shape index (κ2) is 5.86. The van der Waals surface area contributed by atoms with Crippen LogP contribution in [0.4, 0.5) is 11.4 Å². The third-order valence-corrected chi connectivity index (χ3v) is 3.88. The Labute approximate surface area is 126 Å². The fourth-order valence-electron chi connectivity index (χ4n) is 2.39. The maximum Gasteiger partial charge on any atom is 0.0646 e. The summed E-state index contributed by atoms with van der Waals surface area (Å²) >= 11 is 6.40. The SMILES string of the molecule is Cc1ccc(N(C)c2ccc([C@@H](C)N)cc2Cl)c(C)c1. The van der Waals surface area contributed by atoms with Gasteiger partial charge in [0.15, 0.2) is 0 Å². The number of hydrogen-bond acceptors (Lipinski definition) is 2. The third kappa shape index (κ3) is 2.97. The lowest BCUT2D eigenvalue weighted by molar-refractivity contribution is 0.818. The summed E-state index contributed by atoms with van der Waals surface area (Å²) in [5.74, 6) is 0. The Bertz CT molecular complexity index is 620. The molecule has 0 saturated carbocycles. The minimum Gasteiger partial charge on any atom is -0.343 e. The van der Waals surface area contributed by atoms with Gasteiger partial charge in [-0.2, -0.15) is 0 Å². The number of anilines is 2. The Kier molecular flexibility index (Phi) is 4.36. The van der Waals surface area contributed by atoms with E-state index in [0.29, 0.717) is 0 Å². The number of nitrogens with zero attached hydrogens (tertiary/aromatic N) is 1. The van der Waals surface area contributed by atoms with Crippen LogP contribution < -0.4 is 10.6 Å². The van der Waals surface area contributed by atoms with Crippen LogP contribution in [0.3, 0.4) is 0 Å². The van der Waals surface area contributed by atoms with Gasteiger partial charge in [0.25, 0.3) is 0 Å². The van der Waals surface area contributed by atoms with Gasteiger partial charge in [-0.05, 0) is 50.1 Å². The molecule has 0 radical (unpaired) electrons. The predicted octanol–water partition coefficient (Wildman–Crippen LogP) is 4.74. The van der Waals surface area contributed by atoms with E-state index >= 15 is 0 Å². The quantitative estimate of drug-likeness (QED) is 0.883. The zero-order chi connectivity index (χ0) is 14.9. The lowest BCUT2D eigenvalue weighted by Gasteiger charge is -2.23. The predicted molar refractivity (Wildman–Crippen MR) is 88.0 cm³/mol. The standard InChI is InChI=1S/C17H21ClN2/c1-11-5-7-16(12(2)9-11)20(4)17-8-6-14(13(3)19)10-15(17)18/h5-10,13H,19H2,1-4H3/t13-/m1/s1. The van der Waals surface area contributed by atoms with Crippen LogP contribution in [0.2, 0.25) is 5.02 Å². The van der Waals surface area contributed by atoms with E-state index < -0.39 is 0 Å². The fourth-order valence-corrected chi connectivity index (χ4v) is 2.71. The molecule has 3 heteroatoms. The Morgan fingerprint density at radius 3 is 2.25 bits per heavy atom. The first-order chi connectivity index (χ1) is 9.40. The van der Waals surface area contributed by atoms with E-state index in [4.69, 9.17) is 17.3 Å². The topological polar surface area (TPSA) is 29.3 Å². The van der Waals surface area contributed by atoms with E-state index in [1.54, 1.807) is 0 Å². The van der Waals surface area contributed by atoms with E-state index in [0.717, 1.165) is 22.0 Å². The Morgan fingerprint density at radius 2 is 1.70 bits per heavy atom. The molecular weight excluding hydrogens is 268 g/mol. The molecule has 0 spiro atoms. The third-order valence-electron chi connectivity index (χ3n) is 3.57. The highest BCUT2D eigenvalue weighted by molar-refractivity contribution is 6.33. The highest BCUT2D eigenvalue weighted by Crippen LogP contribution is 2.34. The van der Waals surface area contributed by atoms with Gasteiger partial charge >= 0.3 is 0 Å². The second-order valence-corrected chi connectivity index (χ2v) is 5.76. The highest BCUT2D eigenvalue weighted by atomic mass is 35.5. The summed E-state index contributed by atoms with van der Waals surface area (Å²) in [5.41, 5.74) is 11.6. The van der Waals surface area contributed by atoms with Crippen LogP contribution in [-0.4, -0.2) is 7.05 Å². The second-order valence-electron chi connectivity index (χ2n) is 5.35. The summed E-state index contributed by atoms with van der Waals surface area (Å²) in [5, 5.41) is 0.724. The monoisotopic (exact) mass is 288 g/mol. The van der Waals surface area contributed by atoms with Gasteiger partial charge in [-0.3, -0.25) is 0 Å². The van der Waals surface area contributed by atoms with Crippen LogP contribution in [0.25, 0.3) is 0 Å². The Hall–Kier alpha value is -1.51. The molecule has 0 unspecified atom stereocenters. The summed E-state index contributed by atoms with van der Waals surface area (Å²) < 4.78 is 0. The molecule has 0 aromatic heterocycles. The van der Waals surface area contributed by atoms with Crippen molar-refractivity contribution in [1.82, 2.24) is 0 Å². The van der Waals surface area contributed by atoms with E-state index in [2.05, 4.69) is 36.9 Å². The van der Waals surface area contributed by atoms with Crippen molar-refractivity contribution in [3.63, 3.8) is 0 Å². The van der Waals surface area contributed by atoms with Crippen LogP contribution in [-0.2, 0) is 0 Å². The number of nitrogens with two attached hydrogens (primary N) is 1. The van der Waals surface area contributed by atoms with E-state index in [1.807, 2.05) is 32.2 Å². The van der Waals surface area contributed by atoms with Gasteiger partial charge in [-0.15, -0.1) is 0 Å². The highest BCUT2D eigenvalue weighted by Gasteiger charge is 2.12. The van der Waals surface area contributed by atoms with Crippen LogP contribution in [0.5, 0.6) is 0 Å². The van der Waals surface area contributed by atoms with Gasteiger partial charge in [0.1, 0.15) is 0 Å². The summed E-state index contributed by atoms with van der Waals surface area (Å²) in [6.07, 6.45) is 0. The molecular formula is C17H21ClN2. The molecule has 0 fully saturated rings. The van der Waals surface area contributed by atoms with Gasteiger partial charge < -0.3 is 10.6 Å². The van der Waals surface area contributed by atoms with Crippen LogP contribution in [0.1, 0.15) is 29.7 Å². The van der Waals surface area contributed by atoms with Crippen molar-refractivity contribution in [2.75, 3.05) is 11.9 Å². The molecule has 0 aliphatic rings. The summed E-state index contributed by atoms with van der Waals surface area (Å²) in [6, 6.07) is 12.4. The van der Waals surface area contributed by atoms with Gasteiger partial charge in [-0.25, -0.2) is 0 Å². The van der Waals surface area contributed by atoms with Crippen molar-refractivity contribution in [3.8, 4) is 0 Å². The molecule has 1 atom stereocenters. The van der Waals surface area contributed by atoms with Crippen LogP contribution >= 0.6 is 11.6 Å². The van der Waals surface area contributed by atoms with E-state index in [-0.39, 0.29) is 6.04 Å². The molecule has 106 valence electrons. The Morgan fingerprint density at radius 1 is 1.05 bits per heavy atom. The van der Waals surface area contributed by atoms with Gasteiger partial charge in [0.2, 0.25) is 0 Å². The minimum atomic E-state index is -0.00651. The number of hydrogen-bond donors (Lipinski definition) is 1. The zero-order valence-electron chi connectivity index (χ0n) is 12.4. The molecule has 0 bridgehead atoms. The molecule has 0 heterocycles. The zero-order valence-corrected chi connectivity index (χ0v) is 13.2.